The van der Waals surface area contributed by atoms with E-state index < -0.39 is 0 Å². The van der Waals surface area contributed by atoms with Gasteiger partial charge in [0.05, 0.1) is 11.0 Å². The monoisotopic (exact) mass is 217 g/mol. The number of hydrogen-bond donors (Lipinski definition) is 1. The minimum atomic E-state index is 0.251. The second kappa shape index (κ2) is 3.51. The molecule has 1 aromatic carbocycles. The summed E-state index contributed by atoms with van der Waals surface area (Å²) in [5, 5.41) is 0. The summed E-state index contributed by atoms with van der Waals surface area (Å²) in [5.74, 6) is 1.12. The predicted octanol–water partition coefficient (Wildman–Crippen LogP) is 2.74. The highest BCUT2D eigenvalue weighted by molar-refractivity contribution is 5.79. The molecular weight excluding hydrogens is 198 g/mol. The summed E-state index contributed by atoms with van der Waals surface area (Å²) in [5.41, 5.74) is 8.92. The van der Waals surface area contributed by atoms with Crippen molar-refractivity contribution >= 4 is 16.7 Å². The van der Waals surface area contributed by atoms with Crippen LogP contribution in [0.25, 0.3) is 11.0 Å². The van der Waals surface area contributed by atoms with Crippen molar-refractivity contribution in [2.75, 3.05) is 5.73 Å². The van der Waals surface area contributed by atoms with Crippen molar-refractivity contribution in [3.8, 4) is 0 Å². The molecule has 1 heterocycles. The van der Waals surface area contributed by atoms with E-state index in [0.717, 1.165) is 29.0 Å². The van der Waals surface area contributed by atoms with E-state index in [2.05, 4.69) is 37.4 Å². The number of anilines is 1. The highest BCUT2D eigenvalue weighted by atomic mass is 15.1. The number of rotatable bonds is 1. The minimum absolute atomic E-state index is 0.251. The zero-order valence-corrected chi connectivity index (χ0v) is 10.4. The number of nitrogen functional groups attached to an aromatic ring is 1. The molecule has 0 radical (unpaired) electrons. The molecular formula is C13H19N3. The van der Waals surface area contributed by atoms with Crippen LogP contribution in [0.2, 0.25) is 0 Å². The van der Waals surface area contributed by atoms with Crippen molar-refractivity contribution < 1.29 is 0 Å². The zero-order chi connectivity index (χ0) is 11.9. The standard InChI is InChI=1S/C13H19N3/c1-13(2,3)8-12-15-10-7-9(14)5-6-11(10)16(12)4/h5-7H,8,14H2,1-4H3. The molecule has 0 saturated heterocycles. The van der Waals surface area contributed by atoms with Gasteiger partial charge in [0.25, 0.3) is 0 Å². The fourth-order valence-corrected chi connectivity index (χ4v) is 1.90. The first-order valence-corrected chi connectivity index (χ1v) is 5.58. The molecule has 3 nitrogen and oxygen atoms in total. The molecule has 0 atom stereocenters. The summed E-state index contributed by atoms with van der Waals surface area (Å²) in [6.45, 7) is 6.67. The first kappa shape index (κ1) is 11.0. The van der Waals surface area contributed by atoms with Gasteiger partial charge < -0.3 is 10.3 Å². The molecule has 0 fully saturated rings. The van der Waals surface area contributed by atoms with Crippen molar-refractivity contribution in [1.82, 2.24) is 9.55 Å². The van der Waals surface area contributed by atoms with E-state index >= 15 is 0 Å². The van der Waals surface area contributed by atoms with Crippen LogP contribution in [-0.4, -0.2) is 9.55 Å². The van der Waals surface area contributed by atoms with Crippen molar-refractivity contribution in [3.63, 3.8) is 0 Å². The summed E-state index contributed by atoms with van der Waals surface area (Å²) in [7, 11) is 2.06. The van der Waals surface area contributed by atoms with Gasteiger partial charge in [0, 0.05) is 19.2 Å². The fraction of sp³-hybridized carbons (Fsp3) is 0.462. The number of nitrogens with zero attached hydrogens (tertiary/aromatic N) is 2. The predicted molar refractivity (Wildman–Crippen MR) is 68.3 cm³/mol. The number of imidazole rings is 1. The summed E-state index contributed by atoms with van der Waals surface area (Å²) in [6, 6.07) is 5.89. The number of aromatic nitrogens is 2. The molecule has 0 aliphatic rings. The number of fused-ring (bicyclic) bond motifs is 1. The average Bonchev–Trinajstić information content (AvgIpc) is 2.40. The Labute approximate surface area is 96.3 Å². The summed E-state index contributed by atoms with van der Waals surface area (Å²) in [6.07, 6.45) is 0.970. The Morgan fingerprint density at radius 1 is 1.31 bits per heavy atom. The van der Waals surface area contributed by atoms with Crippen LogP contribution in [0.15, 0.2) is 18.2 Å². The van der Waals surface area contributed by atoms with E-state index in [0.29, 0.717) is 0 Å². The lowest BCUT2D eigenvalue weighted by Crippen LogP contribution is -2.12. The first-order valence-electron chi connectivity index (χ1n) is 5.58. The zero-order valence-electron chi connectivity index (χ0n) is 10.4. The molecule has 2 N–H and O–H groups in total. The van der Waals surface area contributed by atoms with Gasteiger partial charge in [-0.05, 0) is 23.6 Å². The quantitative estimate of drug-likeness (QED) is 0.746. The van der Waals surface area contributed by atoms with Crippen LogP contribution < -0.4 is 5.73 Å². The molecule has 1 aromatic heterocycles. The third kappa shape index (κ3) is 2.03. The van der Waals surface area contributed by atoms with Crippen LogP contribution in [0.4, 0.5) is 5.69 Å². The minimum Gasteiger partial charge on any atom is -0.399 e. The third-order valence-corrected chi connectivity index (χ3v) is 2.69. The Morgan fingerprint density at radius 2 is 2.00 bits per heavy atom. The van der Waals surface area contributed by atoms with Gasteiger partial charge in [-0.3, -0.25) is 0 Å². The van der Waals surface area contributed by atoms with E-state index in [1.165, 1.54) is 0 Å². The van der Waals surface area contributed by atoms with Crippen molar-refractivity contribution in [3.05, 3.63) is 24.0 Å². The van der Waals surface area contributed by atoms with Crippen LogP contribution in [0.3, 0.4) is 0 Å². The molecule has 2 aromatic rings. The van der Waals surface area contributed by atoms with E-state index in [1.54, 1.807) is 0 Å². The van der Waals surface area contributed by atoms with Crippen LogP contribution in [0.1, 0.15) is 26.6 Å². The molecule has 3 heteroatoms. The summed E-state index contributed by atoms with van der Waals surface area (Å²) < 4.78 is 2.15. The number of nitrogens with two attached hydrogens (primary N) is 1. The van der Waals surface area contributed by atoms with E-state index in [1.807, 2.05) is 18.2 Å². The number of aryl methyl sites for hydroxylation is 1. The Kier molecular flexibility index (Phi) is 2.41. The van der Waals surface area contributed by atoms with Crippen molar-refractivity contribution in [1.29, 1.82) is 0 Å². The van der Waals surface area contributed by atoms with Gasteiger partial charge in [-0.2, -0.15) is 0 Å². The maximum Gasteiger partial charge on any atom is 0.110 e. The molecule has 16 heavy (non-hydrogen) atoms. The Balaban J connectivity index is 2.52. The van der Waals surface area contributed by atoms with Crippen LogP contribution in [0, 0.1) is 5.41 Å². The Bertz CT molecular complexity index is 518. The molecule has 2 rings (SSSR count). The van der Waals surface area contributed by atoms with Crippen LogP contribution in [-0.2, 0) is 13.5 Å². The molecule has 0 saturated carbocycles. The van der Waals surface area contributed by atoms with Gasteiger partial charge in [-0.1, -0.05) is 20.8 Å². The van der Waals surface area contributed by atoms with E-state index in [9.17, 15) is 0 Å². The van der Waals surface area contributed by atoms with Crippen LogP contribution >= 0.6 is 0 Å². The van der Waals surface area contributed by atoms with Gasteiger partial charge in [0.2, 0.25) is 0 Å². The van der Waals surface area contributed by atoms with Crippen LogP contribution in [0.5, 0.6) is 0 Å². The first-order chi connectivity index (χ1) is 7.37. The Morgan fingerprint density at radius 3 is 2.62 bits per heavy atom. The maximum atomic E-state index is 5.76. The summed E-state index contributed by atoms with van der Waals surface area (Å²) >= 11 is 0. The molecule has 0 aliphatic carbocycles. The summed E-state index contributed by atoms with van der Waals surface area (Å²) in [4.78, 5) is 4.64. The van der Waals surface area contributed by atoms with Gasteiger partial charge in [-0.25, -0.2) is 4.98 Å². The molecule has 0 bridgehead atoms. The van der Waals surface area contributed by atoms with Gasteiger partial charge in [-0.15, -0.1) is 0 Å². The topological polar surface area (TPSA) is 43.8 Å². The normalized spacial score (nSPS) is 12.2. The molecule has 0 unspecified atom stereocenters. The van der Waals surface area contributed by atoms with Gasteiger partial charge >= 0.3 is 0 Å². The average molecular weight is 217 g/mol. The second-order valence-electron chi connectivity index (χ2n) is 5.57. The highest BCUT2D eigenvalue weighted by Crippen LogP contribution is 2.24. The molecule has 0 spiro atoms. The largest absolute Gasteiger partial charge is 0.399 e. The molecule has 0 aliphatic heterocycles. The third-order valence-electron chi connectivity index (χ3n) is 2.69. The second-order valence-corrected chi connectivity index (χ2v) is 5.57. The van der Waals surface area contributed by atoms with Crippen molar-refractivity contribution in [2.24, 2.45) is 12.5 Å². The highest BCUT2D eigenvalue weighted by Gasteiger charge is 2.16. The lowest BCUT2D eigenvalue weighted by Gasteiger charge is -2.17. The van der Waals surface area contributed by atoms with Gasteiger partial charge in [0.15, 0.2) is 0 Å². The van der Waals surface area contributed by atoms with Gasteiger partial charge in [0.1, 0.15) is 5.82 Å². The molecule has 86 valence electrons. The SMILES string of the molecule is Cn1c(CC(C)(C)C)nc2cc(N)ccc21. The lowest BCUT2D eigenvalue weighted by molar-refractivity contribution is 0.396. The lowest BCUT2D eigenvalue weighted by atomic mass is 9.92. The number of hydrogen-bond acceptors (Lipinski definition) is 2. The maximum absolute atomic E-state index is 5.76. The van der Waals surface area contributed by atoms with E-state index in [4.69, 9.17) is 5.73 Å². The molecule has 0 amide bonds. The fourth-order valence-electron chi connectivity index (χ4n) is 1.90. The Hall–Kier alpha value is -1.51. The van der Waals surface area contributed by atoms with Crippen molar-refractivity contribution in [2.45, 2.75) is 27.2 Å². The smallest absolute Gasteiger partial charge is 0.110 e. The van der Waals surface area contributed by atoms with E-state index in [-0.39, 0.29) is 5.41 Å². The number of benzene rings is 1.